The number of β-amino-alcohol motifs (C(OH)–C–C–N with tert-alkyl or cyclic N) is 3. The van der Waals surface area contributed by atoms with E-state index in [9.17, 15) is 58.5 Å². The van der Waals surface area contributed by atoms with E-state index in [4.69, 9.17) is 59.2 Å². The lowest BCUT2D eigenvalue weighted by Gasteiger charge is -2.34. The lowest BCUT2D eigenvalue weighted by atomic mass is 9.76. The van der Waals surface area contributed by atoms with Crippen LogP contribution in [0.25, 0.3) is 31.3 Å². The number of aliphatic carboxylic acids is 1. The van der Waals surface area contributed by atoms with Crippen molar-refractivity contribution in [2.75, 3.05) is 145 Å². The number of aliphatic hydroxyl groups is 3. The Morgan fingerprint density at radius 1 is 0.405 bits per heavy atom. The third-order valence-corrected chi connectivity index (χ3v) is 25.3. The maximum atomic E-state index is 13.8. The molecule has 0 spiro atoms. The molecule has 0 saturated carbocycles. The van der Waals surface area contributed by atoms with Crippen LogP contribution in [0.5, 0.6) is 0 Å². The number of halogens is 1. The van der Waals surface area contributed by atoms with E-state index in [1.54, 1.807) is 34.0 Å². The lowest BCUT2D eigenvalue weighted by molar-refractivity contribution is -0.146. The molecule has 3 aliphatic rings. The van der Waals surface area contributed by atoms with Crippen LogP contribution in [0.3, 0.4) is 0 Å². The minimum absolute atomic E-state index is 0. The number of aliphatic hydroxyl groups excluding tert-OH is 3. The van der Waals surface area contributed by atoms with Crippen molar-refractivity contribution in [3.8, 4) is 31.3 Å². The summed E-state index contributed by atoms with van der Waals surface area (Å²) in [7, 11) is 0. The van der Waals surface area contributed by atoms with Gasteiger partial charge in [0.25, 0.3) is 0 Å². The fourth-order valence-corrected chi connectivity index (χ4v) is 17.3. The number of ether oxygens (including phenoxy) is 9. The van der Waals surface area contributed by atoms with E-state index in [2.05, 4.69) is 27.1 Å². The number of likely N-dealkylation sites (tertiary alicyclic amines) is 3. The van der Waals surface area contributed by atoms with Crippen molar-refractivity contribution in [1.82, 2.24) is 29.7 Å². The number of amides is 3. The molecule has 9 rings (SSSR count). The normalized spacial score (nSPS) is 17.4. The summed E-state index contributed by atoms with van der Waals surface area (Å²) in [5.41, 5.74) is 25.0. The van der Waals surface area contributed by atoms with Crippen LogP contribution in [0.2, 0.25) is 0 Å². The van der Waals surface area contributed by atoms with Crippen molar-refractivity contribution in [3.05, 3.63) is 123 Å². The monoisotopic (exact) mass is 1900 g/mol. The molecular formula is C97H145ClN8O22S3. The standard InChI is InChI=1S/C33H48N2O7S.C32H47N3O7S.C23H31N3O3S.C9H18O5.ClH/c1-6-13-40-14-15-41-16-17-42-21-27(37)18-28(33(3,4)5)32(39)35-20-26(36)19-29(35)30(38)12-9-24-7-10-25(11-8-24)31-23(2)34-22-43-31;1-22-30(43-21-34-22)24-8-5-23(6-9-24)7-10-29(38)28-18-25(36)19-35(28)31(39)27(32(2,3)4)17-26(37)20-42-16-15-41-14-13-40-12-11-33;1-14-20(30-13-25-14)16-8-5-15(6-9-16)7-10-19(28)18-11-17(27)12-26(18)22(29)21(24)23(2,3)4;1-2-3-12-4-5-13-6-7-14-8-9(10)11;/h7-8,10-11,22,26,28-29,36H,6,9,12-21H2,1-5H3;5-6,8-9,21,25,27-28,36H,7,10-20,33H2,1-4H3;5-6,8-9,13,17-18,21,27H,7,10-12,24H2,1-4H3;2-8H2,1H3,(H,10,11);1H/t26-,28-,29+;25-,27-,28+;17-,18+,21-;;/m111../s1. The summed E-state index contributed by atoms with van der Waals surface area (Å²) in [6.07, 6.45) is 2.97. The van der Waals surface area contributed by atoms with Crippen molar-refractivity contribution < 1.29 is 106 Å². The Balaban J connectivity index is 0.000000326. The van der Waals surface area contributed by atoms with E-state index >= 15 is 0 Å². The number of hydrogen-bond donors (Lipinski definition) is 6. The molecule has 3 aliphatic heterocycles. The number of rotatable bonds is 52. The molecule has 3 saturated heterocycles. The molecule has 3 aromatic heterocycles. The molecular weight excluding hydrogens is 1760 g/mol. The Labute approximate surface area is 792 Å². The molecule has 3 fully saturated rings. The molecule has 6 aromatic rings. The number of carbonyl (C=O) groups is 9. The zero-order valence-corrected chi connectivity index (χ0v) is 82.5. The quantitative estimate of drug-likeness (QED) is 0.0193. The first-order chi connectivity index (χ1) is 61.9. The van der Waals surface area contributed by atoms with E-state index in [-0.39, 0.29) is 157 Å². The first-order valence-electron chi connectivity index (χ1n) is 45.3. The minimum Gasteiger partial charge on any atom is -0.480 e. The molecule has 730 valence electrons. The highest BCUT2D eigenvalue weighted by molar-refractivity contribution is 7.14. The molecule has 0 bridgehead atoms. The Morgan fingerprint density at radius 3 is 0.924 bits per heavy atom. The molecule has 34 heteroatoms. The highest BCUT2D eigenvalue weighted by atomic mass is 35.5. The second-order valence-corrected chi connectivity index (χ2v) is 38.7. The van der Waals surface area contributed by atoms with Gasteiger partial charge in [0.05, 0.1) is 177 Å². The van der Waals surface area contributed by atoms with Gasteiger partial charge in [-0.3, -0.25) is 38.4 Å². The number of hydrogen-bond acceptors (Lipinski definition) is 29. The molecule has 3 aromatic carbocycles. The average Bonchev–Trinajstić information content (AvgIpc) is 1.67. The summed E-state index contributed by atoms with van der Waals surface area (Å²) >= 11 is 4.81. The van der Waals surface area contributed by atoms with E-state index in [1.165, 1.54) is 14.7 Å². The van der Waals surface area contributed by atoms with Gasteiger partial charge in [0.15, 0.2) is 28.9 Å². The molecule has 30 nitrogen and oxygen atoms in total. The fraction of sp³-hybridized carbons (Fsp3) is 0.629. The minimum atomic E-state index is -0.962. The van der Waals surface area contributed by atoms with Crippen molar-refractivity contribution in [1.29, 1.82) is 0 Å². The topological polar surface area (TPSA) is 418 Å². The summed E-state index contributed by atoms with van der Waals surface area (Å²) in [4.78, 5) is 136. The van der Waals surface area contributed by atoms with E-state index in [0.717, 1.165) is 84.5 Å². The van der Waals surface area contributed by atoms with Crippen LogP contribution in [0.4, 0.5) is 0 Å². The second kappa shape index (κ2) is 59.4. The zero-order chi connectivity index (χ0) is 95.5. The smallest absolute Gasteiger partial charge is 0.329 e. The van der Waals surface area contributed by atoms with Crippen LogP contribution in [0.15, 0.2) is 89.3 Å². The number of nitrogens with zero attached hydrogens (tertiary/aromatic N) is 6. The van der Waals surface area contributed by atoms with Crippen LogP contribution in [0, 0.1) is 48.9 Å². The Morgan fingerprint density at radius 2 is 0.672 bits per heavy atom. The summed E-state index contributed by atoms with van der Waals surface area (Å²) in [6.45, 7) is 34.3. The third-order valence-electron chi connectivity index (χ3n) is 22.4. The molecule has 0 aliphatic carbocycles. The molecule has 0 unspecified atom stereocenters. The van der Waals surface area contributed by atoms with Gasteiger partial charge < -0.3 is 89.2 Å². The first kappa shape index (κ1) is 114. The summed E-state index contributed by atoms with van der Waals surface area (Å²) < 4.78 is 47.4. The highest BCUT2D eigenvalue weighted by Gasteiger charge is 2.47. The number of benzene rings is 3. The maximum Gasteiger partial charge on any atom is 0.329 e. The highest BCUT2D eigenvalue weighted by Crippen LogP contribution is 2.38. The number of carboxylic acids is 1. The van der Waals surface area contributed by atoms with Crippen LogP contribution in [0.1, 0.15) is 174 Å². The zero-order valence-electron chi connectivity index (χ0n) is 79.2. The van der Waals surface area contributed by atoms with Crippen molar-refractivity contribution in [2.24, 2.45) is 39.5 Å². The summed E-state index contributed by atoms with van der Waals surface area (Å²) in [5, 5.41) is 39.2. The average molecular weight is 1910 g/mol. The van der Waals surface area contributed by atoms with E-state index in [0.29, 0.717) is 112 Å². The number of aryl methyl sites for hydroxylation is 6. The van der Waals surface area contributed by atoms with Crippen molar-refractivity contribution in [2.45, 2.75) is 223 Å². The van der Waals surface area contributed by atoms with E-state index in [1.807, 2.05) is 174 Å². The number of thiazole rings is 3. The van der Waals surface area contributed by atoms with Crippen molar-refractivity contribution in [3.63, 3.8) is 0 Å². The SMILES string of the molecule is CCCOCCOCCOCC(=O)C[C@H](C(=O)N1C[C@H](O)C[C@H]1C(=O)CCc1ccc(-c2scnc2C)cc1)C(C)(C)C.CCCOCCOCCOCC(=O)O.Cc1ncsc1-c1ccc(CCC(=O)[C@@H]2C[C@@H](O)CN2C(=O)[C@@H](CC(=O)COCCOCCOCCN)C(C)(C)C)cc1.Cc1ncsc1-c1ccc(CCC(=O)[C@@H]2C[C@@H](O)CN2C(=O)[C@@H](N)C(C)(C)C)cc1.Cl. The fourth-order valence-electron chi connectivity index (χ4n) is 14.9. The molecule has 131 heavy (non-hydrogen) atoms. The van der Waals surface area contributed by atoms with E-state index < -0.39 is 76.5 Å². The maximum absolute atomic E-state index is 13.8. The van der Waals surface area contributed by atoms with Crippen LogP contribution in [-0.2, 0) is 105 Å². The van der Waals surface area contributed by atoms with Gasteiger partial charge in [-0.2, -0.15) is 0 Å². The molecule has 9 atom stereocenters. The number of carbonyl (C=O) groups excluding carboxylic acids is 8. The van der Waals surface area contributed by atoms with Gasteiger partial charge in [0.1, 0.15) is 19.8 Å². The van der Waals surface area contributed by atoms with Crippen LogP contribution >= 0.6 is 46.4 Å². The molecule has 3 amide bonds. The molecule has 6 heterocycles. The number of Topliss-reactive ketones (excluding diaryl/α,β-unsaturated/α-hetero) is 5. The Bertz CT molecular complexity index is 4210. The Kier molecular flexibility index (Phi) is 51.7. The second-order valence-electron chi connectivity index (χ2n) is 36.2. The van der Waals surface area contributed by atoms with Crippen molar-refractivity contribution >= 4 is 99.0 Å². The van der Waals surface area contributed by atoms with Gasteiger partial charge in [-0.1, -0.05) is 149 Å². The van der Waals surface area contributed by atoms with Gasteiger partial charge in [-0.25, -0.2) is 19.7 Å². The summed E-state index contributed by atoms with van der Waals surface area (Å²) in [6, 6.07) is 21.7. The Hall–Kier alpha value is -7.49. The van der Waals surface area contributed by atoms with Gasteiger partial charge in [0, 0.05) is 103 Å². The summed E-state index contributed by atoms with van der Waals surface area (Å²) in [5.74, 6) is -3.62. The lowest BCUT2D eigenvalue weighted by Crippen LogP contribution is -2.53. The van der Waals surface area contributed by atoms with Gasteiger partial charge in [0.2, 0.25) is 17.7 Å². The van der Waals surface area contributed by atoms with Gasteiger partial charge in [-0.15, -0.1) is 46.4 Å². The van der Waals surface area contributed by atoms with Crippen LogP contribution < -0.4 is 11.5 Å². The largest absolute Gasteiger partial charge is 0.480 e. The van der Waals surface area contributed by atoms with Crippen LogP contribution in [-0.4, -0.2) is 290 Å². The molecule has 8 N–H and O–H groups in total. The predicted octanol–water partition coefficient (Wildman–Crippen LogP) is 11.8. The predicted molar refractivity (Wildman–Crippen MR) is 510 cm³/mol. The number of carboxylic acid groups (broad SMARTS) is 1. The first-order valence-corrected chi connectivity index (χ1v) is 47.9. The van der Waals surface area contributed by atoms with Gasteiger partial charge >= 0.3 is 5.97 Å². The van der Waals surface area contributed by atoms with Gasteiger partial charge in [-0.05, 0) is 103 Å². The number of aromatic nitrogens is 3. The number of nitrogens with two attached hydrogens (primary N) is 2. The molecule has 0 radical (unpaired) electrons. The third kappa shape index (κ3) is 40.1. The number of ketones is 5.